The van der Waals surface area contributed by atoms with E-state index >= 15 is 0 Å². The molecule has 102 valence electrons. The molecular weight excluding hydrogens is 265 g/mol. The molecule has 0 radical (unpaired) electrons. The predicted octanol–water partition coefficient (Wildman–Crippen LogP) is 3.09. The van der Waals surface area contributed by atoms with Crippen LogP contribution in [0.4, 0.5) is 10.1 Å². The lowest BCUT2D eigenvalue weighted by molar-refractivity contribution is -0.385. The number of benzene rings is 2. The summed E-state index contributed by atoms with van der Waals surface area (Å²) in [5, 5.41) is 10.8. The first-order valence-electron chi connectivity index (χ1n) is 5.73. The Hall–Kier alpha value is -2.76. The Morgan fingerprint density at radius 1 is 1.20 bits per heavy atom. The van der Waals surface area contributed by atoms with Gasteiger partial charge in [-0.05, 0) is 17.7 Å². The summed E-state index contributed by atoms with van der Waals surface area (Å²) in [5.74, 6) is -1.66. The van der Waals surface area contributed by atoms with Crippen molar-refractivity contribution < 1.29 is 18.8 Å². The first-order chi connectivity index (χ1) is 9.58. The number of esters is 1. The van der Waals surface area contributed by atoms with Crippen molar-refractivity contribution in [2.75, 3.05) is 0 Å². The number of hydrogen-bond donors (Lipinski definition) is 0. The maximum Gasteiger partial charge on any atom is 0.345 e. The van der Waals surface area contributed by atoms with Crippen molar-refractivity contribution in [2.24, 2.45) is 0 Å². The van der Waals surface area contributed by atoms with Gasteiger partial charge in [-0.2, -0.15) is 0 Å². The van der Waals surface area contributed by atoms with E-state index in [1.54, 1.807) is 24.3 Å². The molecule has 5 nitrogen and oxygen atoms in total. The lowest BCUT2D eigenvalue weighted by Crippen LogP contribution is -2.08. The summed E-state index contributed by atoms with van der Waals surface area (Å²) in [6, 6.07) is 11.5. The Morgan fingerprint density at radius 2 is 1.90 bits per heavy atom. The van der Waals surface area contributed by atoms with Crippen molar-refractivity contribution in [1.82, 2.24) is 0 Å². The van der Waals surface area contributed by atoms with Crippen molar-refractivity contribution in [3.63, 3.8) is 0 Å². The van der Waals surface area contributed by atoms with E-state index in [2.05, 4.69) is 0 Å². The van der Waals surface area contributed by atoms with Crippen molar-refractivity contribution in [2.45, 2.75) is 6.61 Å². The summed E-state index contributed by atoms with van der Waals surface area (Å²) in [7, 11) is 0. The maximum absolute atomic E-state index is 13.1. The van der Waals surface area contributed by atoms with Crippen LogP contribution in [0.2, 0.25) is 0 Å². The van der Waals surface area contributed by atoms with Gasteiger partial charge in [0.05, 0.1) is 4.92 Å². The number of nitrogens with zero attached hydrogens (tertiary/aromatic N) is 1. The molecule has 2 aromatic rings. The van der Waals surface area contributed by atoms with Crippen LogP contribution in [-0.4, -0.2) is 10.9 Å². The third kappa shape index (κ3) is 3.17. The minimum atomic E-state index is -0.931. The summed E-state index contributed by atoms with van der Waals surface area (Å²) in [6.07, 6.45) is 0. The SMILES string of the molecule is O=C(OCc1ccccc1)c1cc(F)ccc1[N+](=O)[O-]. The molecule has 6 heteroatoms. The molecule has 2 aromatic carbocycles. The molecule has 0 N–H and O–H groups in total. The van der Waals surface area contributed by atoms with Crippen LogP contribution in [0.5, 0.6) is 0 Å². The third-order valence-electron chi connectivity index (χ3n) is 2.59. The Morgan fingerprint density at radius 3 is 2.55 bits per heavy atom. The molecule has 0 aliphatic carbocycles. The third-order valence-corrected chi connectivity index (χ3v) is 2.59. The maximum atomic E-state index is 13.1. The van der Waals surface area contributed by atoms with Gasteiger partial charge < -0.3 is 4.74 Å². The second kappa shape index (κ2) is 5.92. The zero-order valence-electron chi connectivity index (χ0n) is 10.3. The summed E-state index contributed by atoms with van der Waals surface area (Å²) in [5.41, 5.74) is -0.143. The highest BCUT2D eigenvalue weighted by atomic mass is 19.1. The molecular formula is C14H10FNO4. The fourth-order valence-electron chi connectivity index (χ4n) is 1.63. The van der Waals surface area contributed by atoms with Gasteiger partial charge in [-0.15, -0.1) is 0 Å². The molecule has 0 amide bonds. The van der Waals surface area contributed by atoms with Crippen molar-refractivity contribution in [3.05, 3.63) is 75.6 Å². The standard InChI is InChI=1S/C14H10FNO4/c15-11-6-7-13(16(18)19)12(8-11)14(17)20-9-10-4-2-1-3-5-10/h1-8H,9H2. The Balaban J connectivity index is 2.17. The van der Waals surface area contributed by atoms with E-state index in [-0.39, 0.29) is 6.61 Å². The highest BCUT2D eigenvalue weighted by molar-refractivity contribution is 5.93. The van der Waals surface area contributed by atoms with E-state index in [0.29, 0.717) is 0 Å². The van der Waals surface area contributed by atoms with Crippen molar-refractivity contribution in [3.8, 4) is 0 Å². The van der Waals surface area contributed by atoms with E-state index in [1.807, 2.05) is 6.07 Å². The monoisotopic (exact) mass is 275 g/mol. The normalized spacial score (nSPS) is 10.1. The molecule has 0 heterocycles. The van der Waals surface area contributed by atoms with Crippen LogP contribution in [-0.2, 0) is 11.3 Å². The topological polar surface area (TPSA) is 69.4 Å². The minimum Gasteiger partial charge on any atom is -0.457 e. The average molecular weight is 275 g/mol. The number of halogens is 1. The van der Waals surface area contributed by atoms with E-state index < -0.39 is 28.0 Å². The van der Waals surface area contributed by atoms with Gasteiger partial charge in [0.1, 0.15) is 18.0 Å². The molecule has 0 spiro atoms. The molecule has 0 fully saturated rings. The van der Waals surface area contributed by atoms with Gasteiger partial charge >= 0.3 is 5.97 Å². The summed E-state index contributed by atoms with van der Waals surface area (Å²) < 4.78 is 18.1. The van der Waals surface area contributed by atoms with Crippen LogP contribution in [0.15, 0.2) is 48.5 Å². The van der Waals surface area contributed by atoms with E-state index in [1.165, 1.54) is 0 Å². The fourth-order valence-corrected chi connectivity index (χ4v) is 1.63. The molecule has 0 atom stereocenters. The zero-order valence-corrected chi connectivity index (χ0v) is 10.3. The first kappa shape index (κ1) is 13.7. The van der Waals surface area contributed by atoms with Crippen molar-refractivity contribution >= 4 is 11.7 Å². The lowest BCUT2D eigenvalue weighted by Gasteiger charge is -2.05. The number of carbonyl (C=O) groups is 1. The van der Waals surface area contributed by atoms with Crippen LogP contribution < -0.4 is 0 Å². The van der Waals surface area contributed by atoms with E-state index in [9.17, 15) is 19.3 Å². The molecule has 0 aromatic heterocycles. The van der Waals surface area contributed by atoms with Crippen LogP contribution in [0.3, 0.4) is 0 Å². The van der Waals surface area contributed by atoms with Crippen LogP contribution in [0, 0.1) is 15.9 Å². The fraction of sp³-hybridized carbons (Fsp3) is 0.0714. The second-order valence-electron chi connectivity index (χ2n) is 3.98. The smallest absolute Gasteiger partial charge is 0.345 e. The van der Waals surface area contributed by atoms with Gasteiger partial charge in [-0.3, -0.25) is 10.1 Å². The van der Waals surface area contributed by atoms with Gasteiger partial charge in [0, 0.05) is 6.07 Å². The van der Waals surface area contributed by atoms with Crippen LogP contribution >= 0.6 is 0 Å². The zero-order chi connectivity index (χ0) is 14.5. The number of carbonyl (C=O) groups excluding carboxylic acids is 1. The first-order valence-corrected chi connectivity index (χ1v) is 5.73. The molecule has 0 aliphatic rings. The average Bonchev–Trinajstić information content (AvgIpc) is 2.45. The Bertz CT molecular complexity index is 643. The van der Waals surface area contributed by atoms with Crippen LogP contribution in [0.1, 0.15) is 15.9 Å². The van der Waals surface area contributed by atoms with E-state index in [0.717, 1.165) is 23.8 Å². The minimum absolute atomic E-state index is 0.0344. The largest absolute Gasteiger partial charge is 0.457 e. The highest BCUT2D eigenvalue weighted by Gasteiger charge is 2.22. The summed E-state index contributed by atoms with van der Waals surface area (Å²) in [6.45, 7) is -0.0344. The molecule has 0 aliphatic heterocycles. The van der Waals surface area contributed by atoms with E-state index in [4.69, 9.17) is 4.74 Å². The highest BCUT2D eigenvalue weighted by Crippen LogP contribution is 2.20. The number of hydrogen-bond acceptors (Lipinski definition) is 4. The predicted molar refractivity (Wildman–Crippen MR) is 68.6 cm³/mol. The van der Waals surface area contributed by atoms with Gasteiger partial charge in [0.2, 0.25) is 0 Å². The van der Waals surface area contributed by atoms with Crippen LogP contribution in [0.25, 0.3) is 0 Å². The number of nitro groups is 1. The quantitative estimate of drug-likeness (QED) is 0.488. The van der Waals surface area contributed by atoms with Crippen molar-refractivity contribution in [1.29, 1.82) is 0 Å². The van der Waals surface area contributed by atoms with Gasteiger partial charge in [-0.1, -0.05) is 30.3 Å². The molecule has 0 bridgehead atoms. The lowest BCUT2D eigenvalue weighted by atomic mass is 10.2. The Kier molecular flexibility index (Phi) is 4.05. The number of nitro benzene ring substituents is 1. The summed E-state index contributed by atoms with van der Waals surface area (Å²) in [4.78, 5) is 21.8. The molecule has 20 heavy (non-hydrogen) atoms. The molecule has 0 saturated heterocycles. The number of rotatable bonds is 4. The molecule has 0 unspecified atom stereocenters. The molecule has 0 saturated carbocycles. The van der Waals surface area contributed by atoms with Gasteiger partial charge in [-0.25, -0.2) is 9.18 Å². The summed E-state index contributed by atoms with van der Waals surface area (Å²) >= 11 is 0. The number of ether oxygens (including phenoxy) is 1. The van der Waals surface area contributed by atoms with Gasteiger partial charge in [0.15, 0.2) is 0 Å². The molecule has 2 rings (SSSR count). The van der Waals surface area contributed by atoms with Gasteiger partial charge in [0.25, 0.3) is 5.69 Å². The second-order valence-corrected chi connectivity index (χ2v) is 3.98. The Labute approximate surface area is 113 Å².